The largest absolute Gasteiger partial charge is 0.455 e. The minimum absolute atomic E-state index is 0.173. The molecule has 0 radical (unpaired) electrons. The summed E-state index contributed by atoms with van der Waals surface area (Å²) in [6.45, 7) is 1.90. The third kappa shape index (κ3) is 4.90. The lowest BCUT2D eigenvalue weighted by atomic mass is 10.1. The number of halogens is 4. The molecule has 1 N–H and O–H groups in total. The molecule has 150 valence electrons. The van der Waals surface area contributed by atoms with Crippen LogP contribution in [0.15, 0.2) is 75.8 Å². The van der Waals surface area contributed by atoms with Crippen molar-refractivity contribution in [3.63, 3.8) is 0 Å². The summed E-state index contributed by atoms with van der Waals surface area (Å²) in [5.41, 5.74) is 1.89. The molecule has 3 aromatic rings. The monoisotopic (exact) mass is 418 g/mol. The molecule has 1 aromatic heterocycles. The fourth-order valence-electron chi connectivity index (χ4n) is 2.69. The van der Waals surface area contributed by atoms with Gasteiger partial charge in [-0.2, -0.15) is 13.2 Å². The number of hydrogen-bond donors (Lipinski definition) is 1. The molecular formula is C22H18ClF3N2O. The fourth-order valence-corrected chi connectivity index (χ4v) is 2.90. The zero-order valence-electron chi connectivity index (χ0n) is 15.7. The van der Waals surface area contributed by atoms with E-state index in [1.54, 1.807) is 19.2 Å². The molecule has 0 atom stereocenters. The second kappa shape index (κ2) is 8.57. The molecule has 2 aromatic carbocycles. The molecule has 0 aliphatic carbocycles. The van der Waals surface area contributed by atoms with Gasteiger partial charge in [-0.25, -0.2) is 0 Å². The van der Waals surface area contributed by atoms with Gasteiger partial charge in [-0.05, 0) is 37.3 Å². The van der Waals surface area contributed by atoms with E-state index < -0.39 is 11.7 Å². The smallest absolute Gasteiger partial charge is 0.416 e. The SMILES string of the molecule is CN/C(C)=C(\N=Cc1ccc(-c2cc(C(F)(F)F)ccc2Cl)o1)c1ccccc1. The highest BCUT2D eigenvalue weighted by Gasteiger charge is 2.31. The molecule has 1 heterocycles. The number of aliphatic imine (C=N–C) groups is 1. The maximum atomic E-state index is 13.0. The second-order valence-corrected chi connectivity index (χ2v) is 6.65. The molecule has 0 fully saturated rings. The predicted molar refractivity (Wildman–Crippen MR) is 110 cm³/mol. The molecule has 3 rings (SSSR count). The molecule has 0 amide bonds. The van der Waals surface area contributed by atoms with Crippen LogP contribution < -0.4 is 5.32 Å². The number of furan rings is 1. The standard InChI is InChI=1S/C22H18ClF3N2O/c1-14(27-2)21(15-6-4-3-5-7-15)28-13-17-9-11-20(29-17)18-12-16(22(24,25)26)8-10-19(18)23/h3-13,27H,1-2H3/b21-14-,28-13?. The highest BCUT2D eigenvalue weighted by Crippen LogP contribution is 2.36. The number of hydrogen-bond acceptors (Lipinski definition) is 3. The van der Waals surface area contributed by atoms with E-state index in [-0.39, 0.29) is 16.3 Å². The van der Waals surface area contributed by atoms with Crippen molar-refractivity contribution in [1.82, 2.24) is 5.32 Å². The average Bonchev–Trinajstić information content (AvgIpc) is 3.17. The first-order valence-electron chi connectivity index (χ1n) is 8.74. The van der Waals surface area contributed by atoms with Crippen molar-refractivity contribution in [2.24, 2.45) is 4.99 Å². The number of alkyl halides is 3. The third-order valence-corrected chi connectivity index (χ3v) is 4.61. The Morgan fingerprint density at radius 3 is 2.45 bits per heavy atom. The summed E-state index contributed by atoms with van der Waals surface area (Å²) in [6.07, 6.45) is -2.94. The van der Waals surface area contributed by atoms with Crippen LogP contribution in [-0.2, 0) is 6.18 Å². The average molecular weight is 419 g/mol. The Balaban J connectivity index is 1.93. The second-order valence-electron chi connectivity index (χ2n) is 6.24. The lowest BCUT2D eigenvalue weighted by Crippen LogP contribution is -2.04. The molecule has 0 aliphatic heterocycles. The summed E-state index contributed by atoms with van der Waals surface area (Å²) < 4.78 is 44.7. The number of rotatable bonds is 5. The van der Waals surface area contributed by atoms with Gasteiger partial charge < -0.3 is 9.73 Å². The van der Waals surface area contributed by atoms with Gasteiger partial charge in [-0.3, -0.25) is 4.99 Å². The molecular weight excluding hydrogens is 401 g/mol. The Labute approximate surface area is 171 Å². The molecule has 0 saturated heterocycles. The lowest BCUT2D eigenvalue weighted by molar-refractivity contribution is -0.137. The quantitative estimate of drug-likeness (QED) is 0.471. The Hall–Kier alpha value is -2.99. The molecule has 0 aliphatic rings. The van der Waals surface area contributed by atoms with E-state index in [2.05, 4.69) is 10.3 Å². The third-order valence-electron chi connectivity index (χ3n) is 4.28. The number of nitrogens with zero attached hydrogens (tertiary/aromatic N) is 1. The van der Waals surface area contributed by atoms with Crippen LogP contribution in [0.25, 0.3) is 17.0 Å². The maximum Gasteiger partial charge on any atom is 0.416 e. The van der Waals surface area contributed by atoms with Gasteiger partial charge in [-0.1, -0.05) is 41.9 Å². The molecule has 7 heteroatoms. The van der Waals surface area contributed by atoms with Crippen molar-refractivity contribution in [2.45, 2.75) is 13.1 Å². The Kier molecular flexibility index (Phi) is 6.13. The fraction of sp³-hybridized carbons (Fsp3) is 0.136. The van der Waals surface area contributed by atoms with Crippen molar-refractivity contribution in [2.75, 3.05) is 7.05 Å². The normalized spacial score (nSPS) is 12.9. The minimum Gasteiger partial charge on any atom is -0.455 e. The maximum absolute atomic E-state index is 13.0. The number of allylic oxidation sites excluding steroid dienone is 1. The van der Waals surface area contributed by atoms with Crippen molar-refractivity contribution in [3.8, 4) is 11.3 Å². The predicted octanol–water partition coefficient (Wildman–Crippen LogP) is 6.65. The van der Waals surface area contributed by atoms with E-state index in [1.807, 2.05) is 37.3 Å². The summed E-state index contributed by atoms with van der Waals surface area (Å²) >= 11 is 6.08. The zero-order valence-corrected chi connectivity index (χ0v) is 16.5. The molecule has 0 saturated carbocycles. The van der Waals surface area contributed by atoms with E-state index >= 15 is 0 Å². The summed E-state index contributed by atoms with van der Waals surface area (Å²) in [6, 6.07) is 15.9. The molecule has 0 spiro atoms. The first kappa shape index (κ1) is 20.7. The highest BCUT2D eigenvalue weighted by molar-refractivity contribution is 6.33. The van der Waals surface area contributed by atoms with Crippen LogP contribution in [0.1, 0.15) is 23.8 Å². The van der Waals surface area contributed by atoms with E-state index in [0.717, 1.165) is 29.1 Å². The van der Waals surface area contributed by atoms with Gasteiger partial charge in [0.2, 0.25) is 0 Å². The van der Waals surface area contributed by atoms with Crippen LogP contribution in [0.3, 0.4) is 0 Å². The van der Waals surface area contributed by atoms with E-state index in [0.29, 0.717) is 5.76 Å². The van der Waals surface area contributed by atoms with E-state index in [1.165, 1.54) is 12.3 Å². The Bertz CT molecular complexity index is 1050. The van der Waals surface area contributed by atoms with Crippen LogP contribution in [-0.4, -0.2) is 13.3 Å². The van der Waals surface area contributed by atoms with Crippen molar-refractivity contribution >= 4 is 23.5 Å². The van der Waals surface area contributed by atoms with Gasteiger partial charge in [0.1, 0.15) is 11.5 Å². The Morgan fingerprint density at radius 1 is 1.07 bits per heavy atom. The first-order chi connectivity index (χ1) is 13.8. The van der Waals surface area contributed by atoms with Gasteiger partial charge in [0.15, 0.2) is 0 Å². The van der Waals surface area contributed by atoms with Crippen molar-refractivity contribution in [3.05, 3.63) is 88.3 Å². The lowest BCUT2D eigenvalue weighted by Gasteiger charge is -2.09. The first-order valence-corrected chi connectivity index (χ1v) is 9.12. The minimum atomic E-state index is -4.46. The van der Waals surface area contributed by atoms with Crippen molar-refractivity contribution < 1.29 is 17.6 Å². The van der Waals surface area contributed by atoms with E-state index in [4.69, 9.17) is 16.0 Å². The van der Waals surface area contributed by atoms with Gasteiger partial charge in [-0.15, -0.1) is 0 Å². The molecule has 0 bridgehead atoms. The van der Waals surface area contributed by atoms with Crippen LogP contribution >= 0.6 is 11.6 Å². The van der Waals surface area contributed by atoms with Crippen LogP contribution in [0.5, 0.6) is 0 Å². The topological polar surface area (TPSA) is 37.5 Å². The van der Waals surface area contributed by atoms with Crippen LogP contribution in [0, 0.1) is 0 Å². The highest BCUT2D eigenvalue weighted by atomic mass is 35.5. The van der Waals surface area contributed by atoms with Crippen LogP contribution in [0.4, 0.5) is 13.2 Å². The van der Waals surface area contributed by atoms with Gasteiger partial charge in [0, 0.05) is 23.9 Å². The van der Waals surface area contributed by atoms with Gasteiger partial charge >= 0.3 is 6.18 Å². The van der Waals surface area contributed by atoms with Crippen LogP contribution in [0.2, 0.25) is 5.02 Å². The van der Waals surface area contributed by atoms with Gasteiger partial charge in [0.05, 0.1) is 22.5 Å². The summed E-state index contributed by atoms with van der Waals surface area (Å²) in [4.78, 5) is 4.51. The van der Waals surface area contributed by atoms with Gasteiger partial charge in [0.25, 0.3) is 0 Å². The zero-order chi connectivity index (χ0) is 21.0. The number of benzene rings is 2. The molecule has 29 heavy (non-hydrogen) atoms. The molecule has 0 unspecified atom stereocenters. The Morgan fingerprint density at radius 2 is 1.79 bits per heavy atom. The van der Waals surface area contributed by atoms with E-state index in [9.17, 15) is 13.2 Å². The summed E-state index contributed by atoms with van der Waals surface area (Å²) in [5, 5.41) is 3.24. The van der Waals surface area contributed by atoms with Crippen molar-refractivity contribution in [1.29, 1.82) is 0 Å². The molecule has 3 nitrogen and oxygen atoms in total. The summed E-state index contributed by atoms with van der Waals surface area (Å²) in [7, 11) is 1.80. The summed E-state index contributed by atoms with van der Waals surface area (Å²) in [5.74, 6) is 0.629. The number of nitrogens with one attached hydrogen (secondary N) is 1.